The summed E-state index contributed by atoms with van der Waals surface area (Å²) in [6.07, 6.45) is 0.485. The molecule has 0 fully saturated rings. The van der Waals surface area contributed by atoms with Gasteiger partial charge in [-0.2, -0.15) is 0 Å². The van der Waals surface area contributed by atoms with Crippen LogP contribution in [0.4, 0.5) is 4.39 Å². The summed E-state index contributed by atoms with van der Waals surface area (Å²) in [4.78, 5) is 11.4. The summed E-state index contributed by atoms with van der Waals surface area (Å²) in [5.74, 6) is -1.99. The van der Waals surface area contributed by atoms with Gasteiger partial charge in [0.05, 0.1) is 12.5 Å². The van der Waals surface area contributed by atoms with Gasteiger partial charge in [-0.25, -0.2) is 4.39 Å². The number of carbonyl (C=O) groups is 1. The van der Waals surface area contributed by atoms with E-state index in [4.69, 9.17) is 5.11 Å². The fourth-order valence-electron chi connectivity index (χ4n) is 2.24. The van der Waals surface area contributed by atoms with Crippen molar-refractivity contribution in [3.63, 3.8) is 0 Å². The minimum Gasteiger partial charge on any atom is -0.481 e. The number of rotatable bonds is 6. The molecule has 0 amide bonds. The van der Waals surface area contributed by atoms with E-state index in [-0.39, 0.29) is 18.8 Å². The highest BCUT2D eigenvalue weighted by Gasteiger charge is 2.20. The maximum Gasteiger partial charge on any atom is 0.307 e. The topological polar surface area (TPSA) is 57.5 Å². The number of aliphatic hydroxyl groups excluding tert-OH is 1. The van der Waals surface area contributed by atoms with Crippen LogP contribution < -0.4 is 0 Å². The summed E-state index contributed by atoms with van der Waals surface area (Å²) in [7, 11) is 0. The number of benzene rings is 2. The van der Waals surface area contributed by atoms with Crippen LogP contribution in [0.3, 0.4) is 0 Å². The number of hydrogen-bond donors (Lipinski definition) is 2. The summed E-state index contributed by atoms with van der Waals surface area (Å²) in [5.41, 5.74) is 2.05. The van der Waals surface area contributed by atoms with E-state index in [1.165, 1.54) is 6.07 Å². The van der Waals surface area contributed by atoms with E-state index in [1.807, 2.05) is 0 Å². The SMILES string of the molecule is O=C(O)C(Cc1ccc(CO)cc1)Cc1ccccc1F. The molecule has 1 unspecified atom stereocenters. The number of aliphatic hydroxyl groups is 1. The van der Waals surface area contributed by atoms with Crippen molar-refractivity contribution in [2.45, 2.75) is 19.4 Å². The van der Waals surface area contributed by atoms with Crippen LogP contribution in [0.5, 0.6) is 0 Å². The van der Waals surface area contributed by atoms with E-state index in [1.54, 1.807) is 42.5 Å². The van der Waals surface area contributed by atoms with Gasteiger partial charge in [-0.1, -0.05) is 42.5 Å². The Morgan fingerprint density at radius 2 is 1.62 bits per heavy atom. The van der Waals surface area contributed by atoms with Gasteiger partial charge in [0.25, 0.3) is 0 Å². The summed E-state index contributed by atoms with van der Waals surface area (Å²) in [6, 6.07) is 13.3. The summed E-state index contributed by atoms with van der Waals surface area (Å²) >= 11 is 0. The normalized spacial score (nSPS) is 12.1. The van der Waals surface area contributed by atoms with Crippen LogP contribution >= 0.6 is 0 Å². The molecule has 2 aromatic carbocycles. The van der Waals surface area contributed by atoms with Gasteiger partial charge in [-0.15, -0.1) is 0 Å². The van der Waals surface area contributed by atoms with Crippen molar-refractivity contribution in [2.75, 3.05) is 0 Å². The predicted molar refractivity (Wildman–Crippen MR) is 77.3 cm³/mol. The van der Waals surface area contributed by atoms with Gasteiger partial charge in [0.2, 0.25) is 0 Å². The van der Waals surface area contributed by atoms with E-state index >= 15 is 0 Å². The first-order valence-electron chi connectivity index (χ1n) is 6.75. The molecule has 21 heavy (non-hydrogen) atoms. The number of aliphatic carboxylic acids is 1. The fourth-order valence-corrected chi connectivity index (χ4v) is 2.24. The zero-order chi connectivity index (χ0) is 15.2. The summed E-state index contributed by atoms with van der Waals surface area (Å²) in [6.45, 7) is -0.0438. The van der Waals surface area contributed by atoms with E-state index < -0.39 is 11.9 Å². The number of hydrogen-bond acceptors (Lipinski definition) is 2. The second kappa shape index (κ2) is 6.99. The maximum atomic E-state index is 13.6. The third-order valence-corrected chi connectivity index (χ3v) is 3.46. The lowest BCUT2D eigenvalue weighted by molar-refractivity contribution is -0.141. The van der Waals surface area contributed by atoms with Crippen LogP contribution in [0.2, 0.25) is 0 Å². The second-order valence-corrected chi connectivity index (χ2v) is 5.01. The molecule has 0 saturated heterocycles. The van der Waals surface area contributed by atoms with E-state index in [0.717, 1.165) is 11.1 Å². The Balaban J connectivity index is 2.12. The smallest absolute Gasteiger partial charge is 0.307 e. The van der Waals surface area contributed by atoms with E-state index in [9.17, 15) is 14.3 Å². The van der Waals surface area contributed by atoms with E-state index in [0.29, 0.717) is 12.0 Å². The van der Waals surface area contributed by atoms with Crippen LogP contribution in [-0.2, 0) is 24.2 Å². The minimum atomic E-state index is -0.940. The van der Waals surface area contributed by atoms with Gasteiger partial charge in [0.15, 0.2) is 0 Å². The fraction of sp³-hybridized carbons (Fsp3) is 0.235. The second-order valence-electron chi connectivity index (χ2n) is 5.01. The Kier molecular flexibility index (Phi) is 5.06. The molecule has 0 radical (unpaired) electrons. The monoisotopic (exact) mass is 288 g/mol. The summed E-state index contributed by atoms with van der Waals surface area (Å²) in [5, 5.41) is 18.3. The molecule has 2 N–H and O–H groups in total. The Morgan fingerprint density at radius 1 is 1.00 bits per heavy atom. The Labute approximate surface area is 122 Å². The molecule has 0 heterocycles. The zero-order valence-electron chi connectivity index (χ0n) is 11.5. The first-order chi connectivity index (χ1) is 10.1. The zero-order valence-corrected chi connectivity index (χ0v) is 11.5. The Bertz CT molecular complexity index is 608. The van der Waals surface area contributed by atoms with Crippen molar-refractivity contribution in [3.05, 3.63) is 71.0 Å². The molecular weight excluding hydrogens is 271 g/mol. The van der Waals surface area contributed by atoms with Gasteiger partial charge in [0.1, 0.15) is 5.82 Å². The summed E-state index contributed by atoms with van der Waals surface area (Å²) < 4.78 is 13.6. The van der Waals surface area contributed by atoms with Crippen molar-refractivity contribution in [1.82, 2.24) is 0 Å². The van der Waals surface area contributed by atoms with E-state index in [2.05, 4.69) is 0 Å². The lowest BCUT2D eigenvalue weighted by atomic mass is 9.92. The molecule has 0 spiro atoms. The quantitative estimate of drug-likeness (QED) is 0.859. The van der Waals surface area contributed by atoms with Gasteiger partial charge >= 0.3 is 5.97 Å². The average Bonchev–Trinajstić information content (AvgIpc) is 2.49. The number of halogens is 1. The lowest BCUT2D eigenvalue weighted by Crippen LogP contribution is -2.19. The van der Waals surface area contributed by atoms with Crippen molar-refractivity contribution < 1.29 is 19.4 Å². The molecule has 110 valence electrons. The molecule has 0 aromatic heterocycles. The van der Waals surface area contributed by atoms with Crippen LogP contribution in [0.1, 0.15) is 16.7 Å². The maximum absolute atomic E-state index is 13.6. The van der Waals surface area contributed by atoms with Crippen LogP contribution in [-0.4, -0.2) is 16.2 Å². The largest absolute Gasteiger partial charge is 0.481 e. The van der Waals surface area contributed by atoms with Gasteiger partial charge < -0.3 is 10.2 Å². The molecule has 2 rings (SSSR count). The van der Waals surface area contributed by atoms with Gasteiger partial charge in [0, 0.05) is 0 Å². The molecule has 0 aliphatic carbocycles. The predicted octanol–water partition coefficient (Wildman–Crippen LogP) is 2.80. The van der Waals surface area contributed by atoms with Crippen LogP contribution in [0, 0.1) is 11.7 Å². The highest BCUT2D eigenvalue weighted by Crippen LogP contribution is 2.18. The standard InChI is InChI=1S/C17H17FO3/c18-16-4-2-1-3-14(16)10-15(17(20)21)9-12-5-7-13(11-19)8-6-12/h1-8,15,19H,9-11H2,(H,20,21). The number of carboxylic acids is 1. The minimum absolute atomic E-state index is 0.0438. The molecule has 0 aliphatic heterocycles. The van der Waals surface area contributed by atoms with Gasteiger partial charge in [-0.3, -0.25) is 4.79 Å². The lowest BCUT2D eigenvalue weighted by Gasteiger charge is -2.13. The van der Waals surface area contributed by atoms with Crippen molar-refractivity contribution >= 4 is 5.97 Å². The molecule has 1 atom stereocenters. The molecule has 0 bridgehead atoms. The molecule has 4 heteroatoms. The molecule has 0 aliphatic rings. The first-order valence-corrected chi connectivity index (χ1v) is 6.75. The van der Waals surface area contributed by atoms with Crippen molar-refractivity contribution in [3.8, 4) is 0 Å². The Morgan fingerprint density at radius 3 is 2.19 bits per heavy atom. The first kappa shape index (κ1) is 15.2. The Hall–Kier alpha value is -2.20. The molecule has 2 aromatic rings. The third kappa shape index (κ3) is 4.13. The van der Waals surface area contributed by atoms with Crippen LogP contribution in [0.25, 0.3) is 0 Å². The highest BCUT2D eigenvalue weighted by atomic mass is 19.1. The molecule has 3 nitrogen and oxygen atoms in total. The third-order valence-electron chi connectivity index (χ3n) is 3.46. The number of carboxylic acid groups (broad SMARTS) is 1. The van der Waals surface area contributed by atoms with Crippen molar-refractivity contribution in [2.24, 2.45) is 5.92 Å². The highest BCUT2D eigenvalue weighted by molar-refractivity contribution is 5.70. The van der Waals surface area contributed by atoms with Crippen LogP contribution in [0.15, 0.2) is 48.5 Å². The average molecular weight is 288 g/mol. The molecular formula is C17H17FO3. The molecule has 0 saturated carbocycles. The van der Waals surface area contributed by atoms with Gasteiger partial charge in [-0.05, 0) is 35.6 Å². The van der Waals surface area contributed by atoms with Crippen molar-refractivity contribution in [1.29, 1.82) is 0 Å².